The first kappa shape index (κ1) is 15.7. The van der Waals surface area contributed by atoms with Crippen LogP contribution in [0, 0.1) is 5.92 Å². The summed E-state index contributed by atoms with van der Waals surface area (Å²) in [5, 5.41) is 3.50. The molecule has 0 aromatic carbocycles. The van der Waals surface area contributed by atoms with E-state index in [2.05, 4.69) is 21.3 Å². The van der Waals surface area contributed by atoms with E-state index in [9.17, 15) is 0 Å². The zero-order valence-corrected chi connectivity index (χ0v) is 12.6. The fraction of sp³-hybridized carbons (Fsp3) is 0.667. The summed E-state index contributed by atoms with van der Waals surface area (Å²) in [4.78, 5) is 6.86. The molecule has 0 radical (unpaired) electrons. The first-order chi connectivity index (χ1) is 9.43. The molecule has 20 heavy (non-hydrogen) atoms. The molecule has 1 N–H and O–H groups in total. The van der Waals surface area contributed by atoms with Crippen molar-refractivity contribution in [3.8, 4) is 0 Å². The van der Waals surface area contributed by atoms with Gasteiger partial charge in [-0.05, 0) is 36.9 Å². The van der Waals surface area contributed by atoms with Gasteiger partial charge in [-0.1, -0.05) is 6.07 Å². The average molecular weight is 298 g/mol. The van der Waals surface area contributed by atoms with Crippen molar-refractivity contribution in [2.24, 2.45) is 5.92 Å². The minimum atomic E-state index is 0. The molecule has 2 aliphatic heterocycles. The molecular formula is C15H24ClN3O. The van der Waals surface area contributed by atoms with Crippen LogP contribution in [0.4, 0.5) is 0 Å². The summed E-state index contributed by atoms with van der Waals surface area (Å²) >= 11 is 0. The predicted molar refractivity (Wildman–Crippen MR) is 82.2 cm³/mol. The fourth-order valence-electron chi connectivity index (χ4n) is 3.08. The Kier molecular flexibility index (Phi) is 6.23. The lowest BCUT2D eigenvalue weighted by Gasteiger charge is -2.36. The normalized spacial score (nSPS) is 27.2. The lowest BCUT2D eigenvalue weighted by molar-refractivity contribution is 0.143. The molecule has 5 heteroatoms. The molecule has 0 amide bonds. The highest BCUT2D eigenvalue weighted by molar-refractivity contribution is 5.85. The number of pyridine rings is 1. The standard InChI is InChI=1S/C15H23N3O.ClH/c1-2-14(10-16-5-1)15-11-17-6-8-18(15)7-3-13-4-9-19-12-13;/h1-2,5,10,13,15,17H,3-4,6-9,11-12H2;1H. The number of hydrogen-bond acceptors (Lipinski definition) is 4. The van der Waals surface area contributed by atoms with Crippen molar-refractivity contribution >= 4 is 12.4 Å². The van der Waals surface area contributed by atoms with E-state index < -0.39 is 0 Å². The van der Waals surface area contributed by atoms with E-state index >= 15 is 0 Å². The summed E-state index contributed by atoms with van der Waals surface area (Å²) < 4.78 is 5.47. The van der Waals surface area contributed by atoms with Crippen LogP contribution in [-0.4, -0.2) is 49.3 Å². The number of halogens is 1. The van der Waals surface area contributed by atoms with Crippen LogP contribution in [0.25, 0.3) is 0 Å². The van der Waals surface area contributed by atoms with Gasteiger partial charge in [0.25, 0.3) is 0 Å². The Morgan fingerprint density at radius 3 is 3.15 bits per heavy atom. The number of nitrogens with one attached hydrogen (secondary N) is 1. The average Bonchev–Trinajstić information content (AvgIpc) is 3.00. The number of rotatable bonds is 4. The van der Waals surface area contributed by atoms with Crippen molar-refractivity contribution in [2.45, 2.75) is 18.9 Å². The van der Waals surface area contributed by atoms with E-state index in [-0.39, 0.29) is 12.4 Å². The fourth-order valence-corrected chi connectivity index (χ4v) is 3.08. The molecule has 3 rings (SSSR count). The molecule has 4 nitrogen and oxygen atoms in total. The molecule has 0 bridgehead atoms. The number of ether oxygens (including phenoxy) is 1. The molecule has 1 aromatic rings. The van der Waals surface area contributed by atoms with Gasteiger partial charge in [0.2, 0.25) is 0 Å². The first-order valence-electron chi connectivity index (χ1n) is 7.36. The van der Waals surface area contributed by atoms with Crippen LogP contribution in [0.2, 0.25) is 0 Å². The number of aromatic nitrogens is 1. The summed E-state index contributed by atoms with van der Waals surface area (Å²) in [6, 6.07) is 4.70. The number of nitrogens with zero attached hydrogens (tertiary/aromatic N) is 2. The molecule has 2 unspecified atom stereocenters. The highest BCUT2D eigenvalue weighted by Crippen LogP contribution is 2.24. The van der Waals surface area contributed by atoms with Gasteiger partial charge in [0, 0.05) is 51.3 Å². The van der Waals surface area contributed by atoms with Gasteiger partial charge in [0.15, 0.2) is 0 Å². The highest BCUT2D eigenvalue weighted by atomic mass is 35.5. The summed E-state index contributed by atoms with van der Waals surface area (Å²) in [5.41, 5.74) is 1.33. The van der Waals surface area contributed by atoms with E-state index in [0.717, 1.165) is 38.8 Å². The highest BCUT2D eigenvalue weighted by Gasteiger charge is 2.25. The van der Waals surface area contributed by atoms with E-state index in [0.29, 0.717) is 6.04 Å². The monoisotopic (exact) mass is 297 g/mol. The van der Waals surface area contributed by atoms with Crippen molar-refractivity contribution in [3.63, 3.8) is 0 Å². The van der Waals surface area contributed by atoms with Crippen molar-refractivity contribution in [2.75, 3.05) is 39.4 Å². The van der Waals surface area contributed by atoms with Crippen LogP contribution >= 0.6 is 12.4 Å². The second-order valence-corrected chi connectivity index (χ2v) is 5.56. The molecule has 2 saturated heterocycles. The third-order valence-electron chi connectivity index (χ3n) is 4.27. The quantitative estimate of drug-likeness (QED) is 0.921. The van der Waals surface area contributed by atoms with Crippen LogP contribution in [0.15, 0.2) is 24.5 Å². The second kappa shape index (κ2) is 7.93. The van der Waals surface area contributed by atoms with Gasteiger partial charge >= 0.3 is 0 Å². The molecule has 1 aromatic heterocycles. The molecule has 0 spiro atoms. The van der Waals surface area contributed by atoms with Gasteiger partial charge in [-0.2, -0.15) is 0 Å². The van der Waals surface area contributed by atoms with Gasteiger partial charge in [0.05, 0.1) is 0 Å². The largest absolute Gasteiger partial charge is 0.381 e. The summed E-state index contributed by atoms with van der Waals surface area (Å²) in [7, 11) is 0. The molecule has 112 valence electrons. The van der Waals surface area contributed by atoms with Gasteiger partial charge in [0.1, 0.15) is 0 Å². The van der Waals surface area contributed by atoms with Crippen molar-refractivity contribution < 1.29 is 4.74 Å². The minimum absolute atomic E-state index is 0. The molecular weight excluding hydrogens is 274 g/mol. The van der Waals surface area contributed by atoms with Crippen molar-refractivity contribution in [1.29, 1.82) is 0 Å². The number of piperazine rings is 1. The zero-order chi connectivity index (χ0) is 12.9. The Morgan fingerprint density at radius 2 is 2.40 bits per heavy atom. The van der Waals surface area contributed by atoms with Crippen LogP contribution < -0.4 is 5.32 Å². The van der Waals surface area contributed by atoms with E-state index in [1.165, 1.54) is 24.9 Å². The molecule has 0 aliphatic carbocycles. The number of hydrogen-bond donors (Lipinski definition) is 1. The summed E-state index contributed by atoms with van der Waals surface area (Å²) in [5.74, 6) is 0.768. The molecule has 2 aliphatic rings. The third kappa shape index (κ3) is 3.92. The zero-order valence-electron chi connectivity index (χ0n) is 11.8. The summed E-state index contributed by atoms with van der Waals surface area (Å²) in [6.45, 7) is 6.36. The minimum Gasteiger partial charge on any atom is -0.381 e. The Hall–Kier alpha value is -0.680. The predicted octanol–water partition coefficient (Wildman–Crippen LogP) is 1.88. The van der Waals surface area contributed by atoms with Crippen molar-refractivity contribution in [3.05, 3.63) is 30.1 Å². The van der Waals surface area contributed by atoms with Crippen LogP contribution in [0.1, 0.15) is 24.4 Å². The molecule has 2 atom stereocenters. The maximum atomic E-state index is 5.47. The third-order valence-corrected chi connectivity index (χ3v) is 4.27. The Morgan fingerprint density at radius 1 is 1.45 bits per heavy atom. The van der Waals surface area contributed by atoms with Gasteiger partial charge < -0.3 is 10.1 Å². The van der Waals surface area contributed by atoms with E-state index in [1.54, 1.807) is 0 Å². The maximum absolute atomic E-state index is 5.47. The van der Waals surface area contributed by atoms with Crippen LogP contribution in [0.5, 0.6) is 0 Å². The lowest BCUT2D eigenvalue weighted by atomic mass is 10.0. The second-order valence-electron chi connectivity index (χ2n) is 5.56. The smallest absolute Gasteiger partial charge is 0.0495 e. The van der Waals surface area contributed by atoms with E-state index in [4.69, 9.17) is 4.74 Å². The first-order valence-corrected chi connectivity index (χ1v) is 7.36. The summed E-state index contributed by atoms with van der Waals surface area (Å²) in [6.07, 6.45) is 6.35. The lowest BCUT2D eigenvalue weighted by Crippen LogP contribution is -2.46. The topological polar surface area (TPSA) is 37.4 Å². The van der Waals surface area contributed by atoms with Crippen LogP contribution in [0.3, 0.4) is 0 Å². The van der Waals surface area contributed by atoms with Crippen molar-refractivity contribution in [1.82, 2.24) is 15.2 Å². The Balaban J connectivity index is 0.00000147. The SMILES string of the molecule is Cl.c1cncc(C2CNCCN2CCC2CCOC2)c1. The molecule has 0 saturated carbocycles. The Labute approximate surface area is 127 Å². The molecule has 2 fully saturated rings. The Bertz CT molecular complexity index is 384. The van der Waals surface area contributed by atoms with Gasteiger partial charge in [-0.25, -0.2) is 0 Å². The van der Waals surface area contributed by atoms with E-state index in [1.807, 2.05) is 18.5 Å². The van der Waals surface area contributed by atoms with Gasteiger partial charge in [-0.15, -0.1) is 12.4 Å². The van der Waals surface area contributed by atoms with Crippen LogP contribution in [-0.2, 0) is 4.74 Å². The maximum Gasteiger partial charge on any atom is 0.0495 e. The molecule has 3 heterocycles. The van der Waals surface area contributed by atoms with Gasteiger partial charge in [-0.3, -0.25) is 9.88 Å².